The Labute approximate surface area is 165 Å². The third kappa shape index (κ3) is 4.78. The predicted molar refractivity (Wildman–Crippen MR) is 96.5 cm³/mol. The van der Waals surface area contributed by atoms with E-state index in [0.717, 1.165) is 4.90 Å². The van der Waals surface area contributed by atoms with Gasteiger partial charge in [-0.05, 0) is 37.5 Å². The second kappa shape index (κ2) is 8.26. The van der Waals surface area contributed by atoms with Gasteiger partial charge in [0.25, 0.3) is 0 Å². The Morgan fingerprint density at radius 1 is 1.14 bits per heavy atom. The Morgan fingerprint density at radius 2 is 1.69 bits per heavy atom. The molecule has 0 aromatic heterocycles. The Kier molecular flexibility index (Phi) is 5.95. The van der Waals surface area contributed by atoms with Gasteiger partial charge in [0.15, 0.2) is 6.61 Å². The lowest BCUT2D eigenvalue weighted by Crippen LogP contribution is -2.48. The predicted octanol–water partition coefficient (Wildman–Crippen LogP) is 2.58. The Hall–Kier alpha value is -2.84. The number of rotatable bonds is 6. The summed E-state index contributed by atoms with van der Waals surface area (Å²) in [7, 11) is 0. The van der Waals surface area contributed by atoms with Crippen LogP contribution in [0.4, 0.5) is 13.2 Å². The van der Waals surface area contributed by atoms with Crippen LogP contribution in [0.15, 0.2) is 36.4 Å². The second-order valence-corrected chi connectivity index (χ2v) is 7.14. The number of hydrogen-bond donors (Lipinski definition) is 1. The molecule has 3 rings (SSSR count). The highest BCUT2D eigenvalue weighted by Gasteiger charge is 2.50. The molecule has 29 heavy (non-hydrogen) atoms. The van der Waals surface area contributed by atoms with Crippen molar-refractivity contribution in [1.82, 2.24) is 10.2 Å². The molecule has 0 bridgehead atoms. The first-order valence-corrected chi connectivity index (χ1v) is 9.25. The first-order valence-electron chi connectivity index (χ1n) is 9.25. The molecule has 1 saturated heterocycles. The van der Waals surface area contributed by atoms with E-state index < -0.39 is 36.6 Å². The van der Waals surface area contributed by atoms with Crippen LogP contribution in [0.25, 0.3) is 0 Å². The van der Waals surface area contributed by atoms with Crippen LogP contribution >= 0.6 is 0 Å². The molecule has 1 aromatic carbocycles. The van der Waals surface area contributed by atoms with Crippen molar-refractivity contribution >= 4 is 17.7 Å². The molecule has 1 aliphatic heterocycles. The van der Waals surface area contributed by atoms with Crippen molar-refractivity contribution < 1.29 is 32.3 Å². The third-order valence-corrected chi connectivity index (χ3v) is 5.10. The van der Waals surface area contributed by atoms with Crippen molar-refractivity contribution in [2.24, 2.45) is 11.8 Å². The second-order valence-electron chi connectivity index (χ2n) is 7.14. The number of nitrogens with zero attached hydrogens (tertiary/aromatic N) is 1. The summed E-state index contributed by atoms with van der Waals surface area (Å²) in [4.78, 5) is 38.6. The zero-order valence-corrected chi connectivity index (χ0v) is 15.7. The SMILES string of the molecule is CC(C(=O)NCc1ccc(OCC(F)(F)F)cc1)N1C(=O)C2CC=CCC2C1=O. The number of benzene rings is 1. The molecule has 3 atom stereocenters. The fourth-order valence-corrected chi connectivity index (χ4v) is 3.53. The van der Waals surface area contributed by atoms with E-state index in [-0.39, 0.29) is 24.1 Å². The number of ether oxygens (including phenoxy) is 1. The van der Waals surface area contributed by atoms with E-state index in [0.29, 0.717) is 18.4 Å². The molecule has 1 N–H and O–H groups in total. The van der Waals surface area contributed by atoms with Gasteiger partial charge in [0.2, 0.25) is 17.7 Å². The van der Waals surface area contributed by atoms with Gasteiger partial charge in [-0.1, -0.05) is 24.3 Å². The van der Waals surface area contributed by atoms with Gasteiger partial charge in [-0.25, -0.2) is 0 Å². The average Bonchev–Trinajstić information content (AvgIpc) is 2.95. The number of likely N-dealkylation sites (tertiary alicyclic amines) is 1. The molecule has 0 spiro atoms. The van der Waals surface area contributed by atoms with E-state index in [4.69, 9.17) is 0 Å². The molecule has 156 valence electrons. The molecule has 1 fully saturated rings. The minimum absolute atomic E-state index is 0.0650. The fraction of sp³-hybridized carbons (Fsp3) is 0.450. The van der Waals surface area contributed by atoms with Gasteiger partial charge in [0, 0.05) is 6.54 Å². The summed E-state index contributed by atoms with van der Waals surface area (Å²) >= 11 is 0. The molecular formula is C20H21F3N2O4. The summed E-state index contributed by atoms with van der Waals surface area (Å²) < 4.78 is 41.1. The van der Waals surface area contributed by atoms with Crippen molar-refractivity contribution in [2.45, 2.75) is 38.5 Å². The van der Waals surface area contributed by atoms with Crippen molar-refractivity contribution in [1.29, 1.82) is 0 Å². The minimum atomic E-state index is -4.42. The monoisotopic (exact) mass is 410 g/mol. The number of imide groups is 1. The van der Waals surface area contributed by atoms with Gasteiger partial charge in [0.1, 0.15) is 11.8 Å². The molecule has 6 nitrogen and oxygen atoms in total. The number of amides is 3. The molecule has 1 heterocycles. The van der Waals surface area contributed by atoms with Crippen LogP contribution in [0.3, 0.4) is 0 Å². The molecule has 9 heteroatoms. The summed E-state index contributed by atoms with van der Waals surface area (Å²) in [6, 6.07) is 4.88. The standard InChI is InChI=1S/C20H21F3N2O4/c1-12(25-18(27)15-4-2-3-5-16(15)19(25)28)17(26)24-10-13-6-8-14(9-7-13)29-11-20(21,22)23/h2-3,6-9,12,15-16H,4-5,10-11H2,1H3,(H,24,26). The van der Waals surface area contributed by atoms with Crippen LogP contribution in [-0.4, -0.2) is 41.4 Å². The number of carbonyl (C=O) groups excluding carboxylic acids is 3. The number of fused-ring (bicyclic) bond motifs is 1. The Bertz CT molecular complexity index is 794. The van der Waals surface area contributed by atoms with E-state index in [1.807, 2.05) is 12.2 Å². The van der Waals surface area contributed by atoms with E-state index >= 15 is 0 Å². The first-order chi connectivity index (χ1) is 13.7. The highest BCUT2D eigenvalue weighted by molar-refractivity contribution is 6.08. The molecule has 1 aromatic rings. The van der Waals surface area contributed by atoms with E-state index in [1.165, 1.54) is 31.2 Å². The fourth-order valence-electron chi connectivity index (χ4n) is 3.53. The van der Waals surface area contributed by atoms with Crippen molar-refractivity contribution in [2.75, 3.05) is 6.61 Å². The molecule has 0 saturated carbocycles. The van der Waals surface area contributed by atoms with Crippen LogP contribution < -0.4 is 10.1 Å². The summed E-state index contributed by atoms with van der Waals surface area (Å²) in [6.07, 6.45) is 0.345. The Balaban J connectivity index is 1.54. The smallest absolute Gasteiger partial charge is 0.422 e. The number of allylic oxidation sites excluding steroid dienone is 2. The van der Waals surface area contributed by atoms with Gasteiger partial charge in [-0.15, -0.1) is 0 Å². The largest absolute Gasteiger partial charge is 0.484 e. The van der Waals surface area contributed by atoms with Gasteiger partial charge in [-0.3, -0.25) is 19.3 Å². The average molecular weight is 410 g/mol. The lowest BCUT2D eigenvalue weighted by Gasteiger charge is -2.22. The number of halogens is 3. The normalized spacial score (nSPS) is 22.4. The van der Waals surface area contributed by atoms with Crippen molar-refractivity contribution in [3.05, 3.63) is 42.0 Å². The highest BCUT2D eigenvalue weighted by atomic mass is 19.4. The summed E-state index contributed by atoms with van der Waals surface area (Å²) in [6.45, 7) is 0.229. The molecule has 3 unspecified atom stereocenters. The van der Waals surface area contributed by atoms with Crippen molar-refractivity contribution in [3.63, 3.8) is 0 Å². The lowest BCUT2D eigenvalue weighted by atomic mass is 9.85. The minimum Gasteiger partial charge on any atom is -0.484 e. The maximum Gasteiger partial charge on any atom is 0.422 e. The maximum atomic E-state index is 12.5. The lowest BCUT2D eigenvalue weighted by molar-refractivity contribution is -0.153. The van der Waals surface area contributed by atoms with Crippen LogP contribution in [0, 0.1) is 11.8 Å². The number of alkyl halides is 3. The van der Waals surface area contributed by atoms with Gasteiger partial charge < -0.3 is 10.1 Å². The van der Waals surface area contributed by atoms with Crippen LogP contribution in [-0.2, 0) is 20.9 Å². The number of carbonyl (C=O) groups is 3. The highest BCUT2D eigenvalue weighted by Crippen LogP contribution is 2.36. The molecular weight excluding hydrogens is 389 g/mol. The van der Waals surface area contributed by atoms with Crippen LogP contribution in [0.5, 0.6) is 5.75 Å². The third-order valence-electron chi connectivity index (χ3n) is 5.10. The molecule has 3 amide bonds. The summed E-state index contributed by atoms with van der Waals surface area (Å²) in [5, 5.41) is 2.65. The van der Waals surface area contributed by atoms with E-state index in [2.05, 4.69) is 10.1 Å². The zero-order valence-electron chi connectivity index (χ0n) is 15.7. The van der Waals surface area contributed by atoms with E-state index in [9.17, 15) is 27.6 Å². The quantitative estimate of drug-likeness (QED) is 0.578. The summed E-state index contributed by atoms with van der Waals surface area (Å²) in [5.74, 6) is -1.85. The Morgan fingerprint density at radius 3 is 2.21 bits per heavy atom. The van der Waals surface area contributed by atoms with Gasteiger partial charge in [-0.2, -0.15) is 13.2 Å². The van der Waals surface area contributed by atoms with Gasteiger partial charge in [0.05, 0.1) is 11.8 Å². The molecule has 1 aliphatic carbocycles. The topological polar surface area (TPSA) is 75.7 Å². The van der Waals surface area contributed by atoms with Crippen molar-refractivity contribution in [3.8, 4) is 5.75 Å². The molecule has 0 radical (unpaired) electrons. The maximum absolute atomic E-state index is 12.5. The number of hydrogen-bond acceptors (Lipinski definition) is 4. The van der Waals surface area contributed by atoms with E-state index in [1.54, 1.807) is 0 Å². The first kappa shape index (κ1) is 20.9. The summed E-state index contributed by atoms with van der Waals surface area (Å²) in [5.41, 5.74) is 0.641. The number of nitrogens with one attached hydrogen (secondary N) is 1. The van der Waals surface area contributed by atoms with Crippen LogP contribution in [0.2, 0.25) is 0 Å². The zero-order chi connectivity index (χ0) is 21.2. The van der Waals surface area contributed by atoms with Gasteiger partial charge >= 0.3 is 6.18 Å². The molecule has 2 aliphatic rings. The van der Waals surface area contributed by atoms with Crippen LogP contribution in [0.1, 0.15) is 25.3 Å².